The van der Waals surface area contributed by atoms with Crippen LogP contribution in [0.2, 0.25) is 0 Å². The molecular weight excluding hydrogens is 290 g/mol. The van der Waals surface area contributed by atoms with Crippen molar-refractivity contribution in [2.45, 2.75) is 20.4 Å². The van der Waals surface area contributed by atoms with Gasteiger partial charge in [0.2, 0.25) is 0 Å². The molecular formula is C17H17N5O. The van der Waals surface area contributed by atoms with E-state index in [9.17, 15) is 4.79 Å². The number of nitrogens with zero attached hydrogens (tertiary/aromatic N) is 4. The molecule has 6 heteroatoms. The lowest BCUT2D eigenvalue weighted by molar-refractivity contribution is 0.102. The Morgan fingerprint density at radius 2 is 1.87 bits per heavy atom. The van der Waals surface area contributed by atoms with Crippen LogP contribution in [0, 0.1) is 13.8 Å². The highest BCUT2D eigenvalue weighted by Gasteiger charge is 2.17. The van der Waals surface area contributed by atoms with Crippen LogP contribution in [0.15, 0.2) is 48.5 Å². The molecule has 0 aliphatic carbocycles. The summed E-state index contributed by atoms with van der Waals surface area (Å²) in [5, 5.41) is 10.8. The zero-order chi connectivity index (χ0) is 16.2. The van der Waals surface area contributed by atoms with E-state index in [0.717, 1.165) is 17.0 Å². The van der Waals surface area contributed by atoms with Crippen LogP contribution in [0.5, 0.6) is 0 Å². The Hall–Kier alpha value is -3.02. The Labute approximate surface area is 134 Å². The number of aromatic nitrogens is 4. The van der Waals surface area contributed by atoms with Gasteiger partial charge in [0.05, 0.1) is 12.2 Å². The zero-order valence-electron chi connectivity index (χ0n) is 13.0. The van der Waals surface area contributed by atoms with E-state index < -0.39 is 0 Å². The van der Waals surface area contributed by atoms with E-state index in [-0.39, 0.29) is 5.91 Å². The van der Waals surface area contributed by atoms with Gasteiger partial charge in [-0.3, -0.25) is 4.79 Å². The van der Waals surface area contributed by atoms with E-state index in [0.29, 0.717) is 18.1 Å². The number of amides is 1. The van der Waals surface area contributed by atoms with Crippen LogP contribution in [0.1, 0.15) is 27.4 Å². The van der Waals surface area contributed by atoms with Crippen molar-refractivity contribution in [3.8, 4) is 0 Å². The Morgan fingerprint density at radius 3 is 2.61 bits per heavy atom. The molecule has 0 saturated carbocycles. The van der Waals surface area contributed by atoms with E-state index >= 15 is 0 Å². The Bertz CT molecular complexity index is 826. The number of anilines is 1. The van der Waals surface area contributed by atoms with Gasteiger partial charge in [0.15, 0.2) is 5.69 Å². The number of carbonyl (C=O) groups is 1. The first-order chi connectivity index (χ1) is 11.1. The highest BCUT2D eigenvalue weighted by atomic mass is 16.2. The van der Waals surface area contributed by atoms with Gasteiger partial charge >= 0.3 is 0 Å². The Morgan fingerprint density at radius 1 is 1.09 bits per heavy atom. The summed E-state index contributed by atoms with van der Waals surface area (Å²) >= 11 is 0. The molecule has 3 aromatic rings. The van der Waals surface area contributed by atoms with Gasteiger partial charge in [0.25, 0.3) is 5.91 Å². The smallest absolute Gasteiger partial charge is 0.279 e. The molecule has 2 heterocycles. The normalized spacial score (nSPS) is 10.5. The summed E-state index contributed by atoms with van der Waals surface area (Å²) in [5.41, 5.74) is 2.98. The topological polar surface area (TPSA) is 72.7 Å². The van der Waals surface area contributed by atoms with Gasteiger partial charge in [-0.15, -0.1) is 5.10 Å². The first kappa shape index (κ1) is 14.9. The lowest BCUT2D eigenvalue weighted by Gasteiger charge is -2.05. The molecule has 2 aromatic heterocycles. The number of carbonyl (C=O) groups excluding carboxylic acids is 1. The number of nitrogens with one attached hydrogen (secondary N) is 1. The number of hydrogen-bond donors (Lipinski definition) is 1. The standard InChI is InChI=1S/C17H17N5O/c1-12-7-6-10-15(18-12)19-17(23)16-13(2)22(21-20-16)11-14-8-4-3-5-9-14/h3-10H,11H2,1-2H3,(H,18,19,23). The van der Waals surface area contributed by atoms with E-state index in [1.807, 2.05) is 56.3 Å². The number of rotatable bonds is 4. The van der Waals surface area contributed by atoms with Gasteiger partial charge in [-0.25, -0.2) is 9.67 Å². The van der Waals surface area contributed by atoms with Crippen molar-refractivity contribution in [2.24, 2.45) is 0 Å². The third-order valence-electron chi connectivity index (χ3n) is 3.50. The molecule has 0 unspecified atom stereocenters. The average molecular weight is 307 g/mol. The SMILES string of the molecule is Cc1cccc(NC(=O)c2nnn(Cc3ccccc3)c2C)n1. The quantitative estimate of drug-likeness (QED) is 0.804. The minimum Gasteiger partial charge on any atom is -0.305 e. The van der Waals surface area contributed by atoms with Crippen molar-refractivity contribution in [1.29, 1.82) is 0 Å². The highest BCUT2D eigenvalue weighted by molar-refractivity contribution is 6.02. The molecule has 0 aliphatic heterocycles. The maximum atomic E-state index is 12.3. The summed E-state index contributed by atoms with van der Waals surface area (Å²) in [6.45, 7) is 4.29. The van der Waals surface area contributed by atoms with Crippen LogP contribution in [0.4, 0.5) is 5.82 Å². The van der Waals surface area contributed by atoms with Crippen molar-refractivity contribution < 1.29 is 4.79 Å². The summed E-state index contributed by atoms with van der Waals surface area (Å²) in [7, 11) is 0. The molecule has 3 rings (SSSR count). The molecule has 116 valence electrons. The highest BCUT2D eigenvalue weighted by Crippen LogP contribution is 2.11. The predicted octanol–water partition coefficient (Wildman–Crippen LogP) is 2.59. The van der Waals surface area contributed by atoms with E-state index in [1.165, 1.54) is 0 Å². The third-order valence-corrected chi connectivity index (χ3v) is 3.50. The van der Waals surface area contributed by atoms with Gasteiger partial charge in [-0.2, -0.15) is 0 Å². The van der Waals surface area contributed by atoms with Crippen LogP contribution in [0.3, 0.4) is 0 Å². The molecule has 0 fully saturated rings. The second-order valence-electron chi connectivity index (χ2n) is 5.29. The zero-order valence-corrected chi connectivity index (χ0v) is 13.0. The van der Waals surface area contributed by atoms with Gasteiger partial charge < -0.3 is 5.32 Å². The molecule has 23 heavy (non-hydrogen) atoms. The van der Waals surface area contributed by atoms with Crippen molar-refractivity contribution in [3.63, 3.8) is 0 Å². The number of hydrogen-bond acceptors (Lipinski definition) is 4. The van der Waals surface area contributed by atoms with Crippen LogP contribution in [-0.2, 0) is 6.54 Å². The molecule has 0 aliphatic rings. The van der Waals surface area contributed by atoms with Crippen molar-refractivity contribution >= 4 is 11.7 Å². The second-order valence-corrected chi connectivity index (χ2v) is 5.29. The number of benzene rings is 1. The van der Waals surface area contributed by atoms with Gasteiger partial charge in [-0.05, 0) is 31.5 Å². The molecule has 1 aromatic carbocycles. The number of aryl methyl sites for hydroxylation is 1. The maximum absolute atomic E-state index is 12.3. The van der Waals surface area contributed by atoms with Crippen LogP contribution in [-0.4, -0.2) is 25.9 Å². The van der Waals surface area contributed by atoms with Crippen LogP contribution < -0.4 is 5.32 Å². The van der Waals surface area contributed by atoms with Gasteiger partial charge in [0, 0.05) is 5.69 Å². The predicted molar refractivity (Wildman–Crippen MR) is 87.2 cm³/mol. The lowest BCUT2D eigenvalue weighted by Crippen LogP contribution is -2.15. The summed E-state index contributed by atoms with van der Waals surface area (Å²) in [5.74, 6) is 0.201. The van der Waals surface area contributed by atoms with Crippen LogP contribution >= 0.6 is 0 Å². The summed E-state index contributed by atoms with van der Waals surface area (Å²) < 4.78 is 1.72. The molecule has 0 saturated heterocycles. The molecule has 6 nitrogen and oxygen atoms in total. The Balaban J connectivity index is 1.77. The first-order valence-electron chi connectivity index (χ1n) is 7.32. The molecule has 0 atom stereocenters. The Kier molecular flexibility index (Phi) is 4.14. The summed E-state index contributed by atoms with van der Waals surface area (Å²) in [6, 6.07) is 15.4. The molecule has 1 N–H and O–H groups in total. The fraction of sp³-hybridized carbons (Fsp3) is 0.176. The fourth-order valence-corrected chi connectivity index (χ4v) is 2.26. The minimum atomic E-state index is -0.306. The van der Waals surface area contributed by atoms with Crippen molar-refractivity contribution in [2.75, 3.05) is 5.32 Å². The molecule has 0 spiro atoms. The van der Waals surface area contributed by atoms with E-state index in [2.05, 4.69) is 20.6 Å². The first-order valence-corrected chi connectivity index (χ1v) is 7.32. The second kappa shape index (κ2) is 6.39. The lowest BCUT2D eigenvalue weighted by atomic mass is 10.2. The monoisotopic (exact) mass is 307 g/mol. The minimum absolute atomic E-state index is 0.306. The summed E-state index contributed by atoms with van der Waals surface area (Å²) in [4.78, 5) is 16.6. The largest absolute Gasteiger partial charge is 0.305 e. The van der Waals surface area contributed by atoms with Crippen LogP contribution in [0.25, 0.3) is 0 Å². The molecule has 1 amide bonds. The maximum Gasteiger partial charge on any atom is 0.279 e. The molecule has 0 bridgehead atoms. The molecule has 0 radical (unpaired) electrons. The third kappa shape index (κ3) is 3.42. The summed E-state index contributed by atoms with van der Waals surface area (Å²) in [6.07, 6.45) is 0. The fourth-order valence-electron chi connectivity index (χ4n) is 2.26. The van der Waals surface area contributed by atoms with E-state index in [4.69, 9.17) is 0 Å². The van der Waals surface area contributed by atoms with E-state index in [1.54, 1.807) is 10.7 Å². The number of pyridine rings is 1. The van der Waals surface area contributed by atoms with Gasteiger partial charge in [0.1, 0.15) is 5.82 Å². The van der Waals surface area contributed by atoms with Crippen molar-refractivity contribution in [3.05, 3.63) is 71.2 Å². The van der Waals surface area contributed by atoms with Crippen molar-refractivity contribution in [1.82, 2.24) is 20.0 Å². The average Bonchev–Trinajstić information content (AvgIpc) is 2.89. The van der Waals surface area contributed by atoms with Gasteiger partial charge in [-0.1, -0.05) is 41.6 Å².